The van der Waals surface area contributed by atoms with Gasteiger partial charge in [0.15, 0.2) is 5.78 Å². The maximum atomic E-state index is 14.7. The molecule has 8 heteroatoms. The molecule has 0 radical (unpaired) electrons. The lowest BCUT2D eigenvalue weighted by molar-refractivity contribution is -0.170. The molecule has 2 aliphatic heterocycles. The molecule has 2 heterocycles. The van der Waals surface area contributed by atoms with Crippen molar-refractivity contribution >= 4 is 23.3 Å². The summed E-state index contributed by atoms with van der Waals surface area (Å²) in [5, 5.41) is 35.7. The second kappa shape index (κ2) is 7.43. The van der Waals surface area contributed by atoms with E-state index in [0.717, 1.165) is 0 Å². The van der Waals surface area contributed by atoms with Gasteiger partial charge in [-0.25, -0.2) is 0 Å². The number of ether oxygens (including phenoxy) is 1. The molecule has 4 unspecified atom stereocenters. The predicted octanol–water partition coefficient (Wildman–Crippen LogP) is 2.16. The lowest BCUT2D eigenvalue weighted by Crippen LogP contribution is -2.65. The third-order valence-electron chi connectivity index (χ3n) is 12.6. The Morgan fingerprint density at radius 1 is 0.947 bits per heavy atom. The number of ketones is 3. The van der Waals surface area contributed by atoms with Gasteiger partial charge in [0, 0.05) is 22.8 Å². The summed E-state index contributed by atoms with van der Waals surface area (Å²) in [6.45, 7) is 10.6. The summed E-state index contributed by atoms with van der Waals surface area (Å²) in [4.78, 5) is 55.6. The van der Waals surface area contributed by atoms with Crippen molar-refractivity contribution < 1.29 is 39.2 Å². The molecule has 4 fully saturated rings. The average Bonchev–Trinajstić information content (AvgIpc) is 3.22. The van der Waals surface area contributed by atoms with Crippen LogP contribution < -0.4 is 0 Å². The van der Waals surface area contributed by atoms with Crippen LogP contribution in [0, 0.1) is 51.2 Å². The molecule has 7 rings (SSSR count). The molecule has 8 nitrogen and oxygen atoms in total. The summed E-state index contributed by atoms with van der Waals surface area (Å²) < 4.78 is 5.75. The highest BCUT2D eigenvalue weighted by Crippen LogP contribution is 2.74. The molecular weight excluding hydrogens is 488 g/mol. The first kappa shape index (κ1) is 26.3. The summed E-state index contributed by atoms with van der Waals surface area (Å²) in [6.07, 6.45) is -1.78. The van der Waals surface area contributed by atoms with Crippen LogP contribution in [0.3, 0.4) is 0 Å². The van der Waals surface area contributed by atoms with Crippen LogP contribution in [0.2, 0.25) is 0 Å². The van der Waals surface area contributed by atoms with E-state index in [1.165, 1.54) is 0 Å². The molecule has 1 saturated heterocycles. The summed E-state index contributed by atoms with van der Waals surface area (Å²) in [5.41, 5.74) is -5.55. The monoisotopic (exact) mass is 528 g/mol. The van der Waals surface area contributed by atoms with E-state index in [1.807, 2.05) is 13.8 Å². The van der Waals surface area contributed by atoms with Crippen molar-refractivity contribution in [3.8, 4) is 0 Å². The van der Waals surface area contributed by atoms with Crippen LogP contribution in [0.1, 0.15) is 73.6 Å². The first-order valence-corrected chi connectivity index (χ1v) is 14.1. The molecule has 208 valence electrons. The Bertz CT molecular complexity index is 1220. The van der Waals surface area contributed by atoms with Gasteiger partial charge in [0.25, 0.3) is 0 Å². The SMILES string of the molecule is CC1C[C@]2(O)C[C@@H](C)C(=O)OCC3(C)C(=O)CC[C@]4(C)C5=C([C@H](O)CC34)[C@]3(C)C(=O)[C@H]2C1[C@@]3(C)[C@H](O)C5=O. The quantitative estimate of drug-likeness (QED) is 0.407. The molecule has 0 aromatic heterocycles. The molecule has 3 N–H and O–H groups in total. The van der Waals surface area contributed by atoms with Crippen molar-refractivity contribution in [3.63, 3.8) is 0 Å². The van der Waals surface area contributed by atoms with Crippen LogP contribution >= 0.6 is 0 Å². The highest BCUT2D eigenvalue weighted by atomic mass is 16.5. The summed E-state index contributed by atoms with van der Waals surface area (Å²) >= 11 is 0. The number of aliphatic hydroxyl groups is 3. The standard InChI is InChI=1S/C30H40O8/c1-13-10-30(37)11-14(2)25(36)38-12-27(4)16-9-15(31)19-20(26(16,3)8-7-17(27)32)22(33)24(35)28(5)18(13)21(30)23(34)29(19,28)6/h13-16,18,21,24,31,35,37H,7-12H2,1-6H3/t13?,14-,15-,16?,18?,21-,24-,26+,27?,28+,29-,30+/m1/s1. The molecule has 3 saturated carbocycles. The Morgan fingerprint density at radius 2 is 1.61 bits per heavy atom. The van der Waals surface area contributed by atoms with Gasteiger partial charge in [0.05, 0.1) is 34.4 Å². The van der Waals surface area contributed by atoms with E-state index in [1.54, 1.807) is 27.7 Å². The number of fused-ring (bicyclic) bond motifs is 6. The van der Waals surface area contributed by atoms with Crippen molar-refractivity contribution in [1.82, 2.24) is 0 Å². The molecule has 12 atom stereocenters. The van der Waals surface area contributed by atoms with Crippen molar-refractivity contribution in [2.24, 2.45) is 51.2 Å². The van der Waals surface area contributed by atoms with Gasteiger partial charge in [-0.2, -0.15) is 0 Å². The van der Waals surface area contributed by atoms with E-state index < -0.39 is 74.9 Å². The van der Waals surface area contributed by atoms with E-state index >= 15 is 0 Å². The fourth-order valence-electron chi connectivity index (χ4n) is 10.7. The van der Waals surface area contributed by atoms with Crippen LogP contribution in [0.5, 0.6) is 0 Å². The largest absolute Gasteiger partial charge is 0.464 e. The Kier molecular flexibility index (Phi) is 5.15. The van der Waals surface area contributed by atoms with E-state index in [4.69, 9.17) is 4.74 Å². The lowest BCUT2D eigenvalue weighted by Gasteiger charge is -2.61. The molecule has 5 aliphatic carbocycles. The van der Waals surface area contributed by atoms with Crippen LogP contribution in [-0.2, 0) is 23.9 Å². The Balaban J connectivity index is 1.69. The number of hydrogen-bond acceptors (Lipinski definition) is 8. The van der Waals surface area contributed by atoms with Crippen molar-refractivity contribution in [3.05, 3.63) is 11.1 Å². The Labute approximate surface area is 223 Å². The average molecular weight is 529 g/mol. The minimum atomic E-state index is -1.53. The highest BCUT2D eigenvalue weighted by molar-refractivity contribution is 6.09. The molecule has 7 aliphatic rings. The van der Waals surface area contributed by atoms with Gasteiger partial charge in [0.1, 0.15) is 24.3 Å². The maximum Gasteiger partial charge on any atom is 0.308 e. The van der Waals surface area contributed by atoms with Crippen molar-refractivity contribution in [2.75, 3.05) is 6.61 Å². The number of esters is 1. The minimum Gasteiger partial charge on any atom is -0.464 e. The molecular formula is C30H40O8. The summed E-state index contributed by atoms with van der Waals surface area (Å²) in [5.74, 6) is -4.24. The van der Waals surface area contributed by atoms with Crippen LogP contribution in [-0.4, -0.2) is 63.1 Å². The van der Waals surface area contributed by atoms with Gasteiger partial charge in [-0.05, 0) is 62.9 Å². The summed E-state index contributed by atoms with van der Waals surface area (Å²) in [6, 6.07) is 0. The molecule has 7 bridgehead atoms. The topological polar surface area (TPSA) is 138 Å². The van der Waals surface area contributed by atoms with Gasteiger partial charge < -0.3 is 20.1 Å². The molecule has 0 amide bonds. The zero-order valence-corrected chi connectivity index (χ0v) is 23.2. The van der Waals surface area contributed by atoms with Crippen LogP contribution in [0.25, 0.3) is 0 Å². The fraction of sp³-hybridized carbons (Fsp3) is 0.800. The normalized spacial score (nSPS) is 56.0. The zero-order valence-electron chi connectivity index (χ0n) is 23.2. The van der Waals surface area contributed by atoms with Gasteiger partial charge in [-0.1, -0.05) is 27.7 Å². The third-order valence-corrected chi connectivity index (χ3v) is 12.6. The third kappa shape index (κ3) is 2.63. The predicted molar refractivity (Wildman–Crippen MR) is 134 cm³/mol. The minimum absolute atomic E-state index is 0.000452. The number of rotatable bonds is 0. The molecule has 0 spiro atoms. The second-order valence-electron chi connectivity index (χ2n) is 14.4. The number of aliphatic hydroxyl groups excluding tert-OH is 2. The van der Waals surface area contributed by atoms with E-state index in [-0.39, 0.29) is 55.3 Å². The second-order valence-corrected chi connectivity index (χ2v) is 14.4. The van der Waals surface area contributed by atoms with Gasteiger partial charge in [-0.3, -0.25) is 19.2 Å². The number of carbonyl (C=O) groups excluding carboxylic acids is 4. The number of hydrogen-bond donors (Lipinski definition) is 3. The van der Waals surface area contributed by atoms with E-state index in [9.17, 15) is 34.5 Å². The zero-order chi connectivity index (χ0) is 28.0. The first-order valence-electron chi connectivity index (χ1n) is 14.1. The first-order chi connectivity index (χ1) is 17.5. The smallest absolute Gasteiger partial charge is 0.308 e. The van der Waals surface area contributed by atoms with Crippen LogP contribution in [0.15, 0.2) is 11.1 Å². The van der Waals surface area contributed by atoms with Crippen molar-refractivity contribution in [1.29, 1.82) is 0 Å². The molecule has 0 aromatic carbocycles. The van der Waals surface area contributed by atoms with Gasteiger partial charge >= 0.3 is 5.97 Å². The van der Waals surface area contributed by atoms with Gasteiger partial charge in [-0.15, -0.1) is 0 Å². The van der Waals surface area contributed by atoms with Gasteiger partial charge in [0.2, 0.25) is 0 Å². The van der Waals surface area contributed by atoms with Crippen molar-refractivity contribution in [2.45, 2.75) is 91.5 Å². The Morgan fingerprint density at radius 3 is 2.26 bits per heavy atom. The lowest BCUT2D eigenvalue weighted by atomic mass is 9.42. The molecule has 38 heavy (non-hydrogen) atoms. The number of Topliss-reactive ketones (excluding diaryl/α,β-unsaturated/α-hetero) is 3. The van der Waals surface area contributed by atoms with E-state index in [0.29, 0.717) is 12.0 Å². The molecule has 0 aromatic rings. The maximum absolute atomic E-state index is 14.7. The van der Waals surface area contributed by atoms with Crippen LogP contribution in [0.4, 0.5) is 0 Å². The Hall–Kier alpha value is -1.90. The number of carbonyl (C=O) groups is 4. The highest BCUT2D eigenvalue weighted by Gasteiger charge is 2.80. The fourth-order valence-corrected chi connectivity index (χ4v) is 10.7. The van der Waals surface area contributed by atoms with E-state index in [2.05, 4.69) is 0 Å². The summed E-state index contributed by atoms with van der Waals surface area (Å²) in [7, 11) is 0.